The summed E-state index contributed by atoms with van der Waals surface area (Å²) in [6.07, 6.45) is 4.83. The predicted molar refractivity (Wildman–Crippen MR) is 79.8 cm³/mol. The van der Waals surface area contributed by atoms with Crippen molar-refractivity contribution in [1.82, 2.24) is 0 Å². The van der Waals surface area contributed by atoms with Crippen molar-refractivity contribution in [2.45, 2.75) is 0 Å². The van der Waals surface area contributed by atoms with Crippen LogP contribution in [0.25, 0.3) is 0 Å². The number of allylic oxidation sites excluding steroid dienone is 6. The summed E-state index contributed by atoms with van der Waals surface area (Å²) < 4.78 is 0. The molecule has 16 heavy (non-hydrogen) atoms. The Hall–Kier alpha value is -1.42. The molecule has 0 aromatic carbocycles. The Labute approximate surface area is 113 Å². The molecular weight excluding hydrogens is 207 g/mol. The summed E-state index contributed by atoms with van der Waals surface area (Å²) in [5.74, 6) is 0. The average molecular weight is 228 g/mol. The molecule has 0 unspecified atom stereocenters. The summed E-state index contributed by atoms with van der Waals surface area (Å²) in [6, 6.07) is 0. The molecule has 0 aromatic rings. The van der Waals surface area contributed by atoms with Gasteiger partial charge in [-0.15, -0.1) is 0 Å². The molecule has 0 spiro atoms. The number of hydrogen-bond donors (Lipinski definition) is 0. The summed E-state index contributed by atoms with van der Waals surface area (Å²) >= 11 is 0. The Morgan fingerprint density at radius 1 is 0.625 bits per heavy atom. The molecule has 0 aliphatic carbocycles. The van der Waals surface area contributed by atoms with Crippen molar-refractivity contribution in [3.63, 3.8) is 0 Å². The van der Waals surface area contributed by atoms with E-state index in [1.807, 2.05) is 0 Å². The van der Waals surface area contributed by atoms with E-state index in [0.717, 1.165) is 16.7 Å². The molecule has 0 nitrogen and oxygen atoms in total. The van der Waals surface area contributed by atoms with Gasteiger partial charge in [-0.25, -0.2) is 16.7 Å². The van der Waals surface area contributed by atoms with Crippen molar-refractivity contribution in [2.24, 2.45) is 0 Å². The van der Waals surface area contributed by atoms with Gasteiger partial charge in [-0.2, -0.15) is 78.5 Å². The first-order valence-corrected chi connectivity index (χ1v) is 4.21. The Morgan fingerprint density at radius 2 is 0.688 bits per heavy atom. The van der Waals surface area contributed by atoms with E-state index in [2.05, 4.69) is 60.2 Å². The molecule has 0 radical (unpaired) electrons. The summed E-state index contributed by atoms with van der Waals surface area (Å²) in [7, 11) is 0. The van der Waals surface area contributed by atoms with Crippen LogP contribution in [0.1, 0.15) is 0 Å². The molecule has 0 aromatic heterocycles. The van der Waals surface area contributed by atoms with Gasteiger partial charge in [0.15, 0.2) is 0 Å². The Bertz CT molecular complexity index is 201. The van der Waals surface area contributed by atoms with Crippen LogP contribution in [0.3, 0.4) is 0 Å². The van der Waals surface area contributed by atoms with Gasteiger partial charge in [0.05, 0.1) is 0 Å². The average Bonchev–Trinajstić information content (AvgIpc) is 2.19. The van der Waals surface area contributed by atoms with Crippen LogP contribution in [0.5, 0.6) is 0 Å². The summed E-state index contributed by atoms with van der Waals surface area (Å²) in [5, 5.41) is 0. The van der Waals surface area contributed by atoms with Crippen LogP contribution < -0.4 is 0 Å². The summed E-state index contributed by atoms with van der Waals surface area (Å²) in [5.41, 5.74) is 2.31. The van der Waals surface area contributed by atoms with Gasteiger partial charge < -0.3 is 0 Å². The first kappa shape index (κ1) is 24.0. The molecule has 0 saturated heterocycles. The van der Waals surface area contributed by atoms with Gasteiger partial charge in [0, 0.05) is 0 Å². The molecule has 0 aliphatic heterocycles. The zero-order chi connectivity index (χ0) is 12.9. The minimum absolute atomic E-state index is 0. The largest absolute Gasteiger partial charge is 3.00 e. The first-order chi connectivity index (χ1) is 6.81. The maximum Gasteiger partial charge on any atom is 3.00 e. The third kappa shape index (κ3) is 80.4. The number of rotatable bonds is 3. The van der Waals surface area contributed by atoms with Gasteiger partial charge in [-0.05, 0) is 0 Å². The van der Waals surface area contributed by atoms with E-state index in [-0.39, 0.29) is 17.4 Å². The Morgan fingerprint density at radius 3 is 0.688 bits per heavy atom. The van der Waals surface area contributed by atoms with Crippen LogP contribution >= 0.6 is 0 Å². The van der Waals surface area contributed by atoms with Crippen LogP contribution in [0.15, 0.2) is 74.4 Å². The van der Waals surface area contributed by atoms with Crippen molar-refractivity contribution in [1.29, 1.82) is 0 Å². The van der Waals surface area contributed by atoms with E-state index in [1.165, 1.54) is 0 Å². The van der Waals surface area contributed by atoms with Gasteiger partial charge in [0.2, 0.25) is 0 Å². The molecule has 0 heterocycles. The Kier molecular flexibility index (Phi) is 28.8. The minimum Gasteiger partial charge on any atom is -0.203 e. The SMILES string of the molecule is C=CC(=C)[CH2-].C=CC(=C)[CH2-].C=CC(=C)[CH2-].[Al+3]. The zero-order valence-electron chi connectivity index (χ0n) is 10.2. The molecule has 84 valence electrons. The Balaban J connectivity index is -0.0000000655. The van der Waals surface area contributed by atoms with Gasteiger partial charge in [0.25, 0.3) is 0 Å². The van der Waals surface area contributed by atoms with E-state index in [4.69, 9.17) is 0 Å². The molecule has 0 saturated carbocycles. The first-order valence-electron chi connectivity index (χ1n) is 4.21. The van der Waals surface area contributed by atoms with Crippen LogP contribution in [-0.2, 0) is 0 Å². The maximum atomic E-state index is 3.44. The molecule has 0 amide bonds. The third-order valence-corrected chi connectivity index (χ3v) is 0.866. The molecule has 0 atom stereocenters. The summed E-state index contributed by atoms with van der Waals surface area (Å²) in [6.45, 7) is 30.9. The maximum absolute atomic E-state index is 3.44. The second-order valence-electron chi connectivity index (χ2n) is 2.59. The normalized spacial score (nSPS) is 6.00. The fraction of sp³-hybridized carbons (Fsp3) is 0. The fourth-order valence-electron chi connectivity index (χ4n) is 0. The van der Waals surface area contributed by atoms with E-state index in [9.17, 15) is 0 Å². The zero-order valence-corrected chi connectivity index (χ0v) is 11.3. The molecule has 0 rings (SSSR count). The topological polar surface area (TPSA) is 0 Å². The van der Waals surface area contributed by atoms with Gasteiger partial charge in [-0.3, -0.25) is 0 Å². The molecule has 0 bridgehead atoms. The van der Waals surface area contributed by atoms with E-state index in [1.54, 1.807) is 18.2 Å². The number of hydrogen-bond acceptors (Lipinski definition) is 0. The summed E-state index contributed by atoms with van der Waals surface area (Å²) in [4.78, 5) is 0. The van der Waals surface area contributed by atoms with Gasteiger partial charge in [-0.1, -0.05) is 0 Å². The predicted octanol–water partition coefficient (Wildman–Crippen LogP) is 4.31. The van der Waals surface area contributed by atoms with Crippen LogP contribution in [0.2, 0.25) is 0 Å². The monoisotopic (exact) mass is 228 g/mol. The molecular formula is C15H21Al. The van der Waals surface area contributed by atoms with E-state index in [0.29, 0.717) is 0 Å². The second-order valence-corrected chi connectivity index (χ2v) is 2.59. The van der Waals surface area contributed by atoms with Crippen molar-refractivity contribution < 1.29 is 0 Å². The van der Waals surface area contributed by atoms with Gasteiger partial charge >= 0.3 is 17.4 Å². The van der Waals surface area contributed by atoms with Crippen LogP contribution in [0.4, 0.5) is 0 Å². The third-order valence-electron chi connectivity index (χ3n) is 0.866. The van der Waals surface area contributed by atoms with Crippen LogP contribution in [0, 0.1) is 20.8 Å². The minimum atomic E-state index is 0. The fourth-order valence-corrected chi connectivity index (χ4v) is 0. The molecule has 0 N–H and O–H groups in total. The van der Waals surface area contributed by atoms with E-state index >= 15 is 0 Å². The second kappa shape index (κ2) is 19.2. The van der Waals surface area contributed by atoms with Crippen molar-refractivity contribution in [3.8, 4) is 0 Å². The van der Waals surface area contributed by atoms with Crippen LogP contribution in [-0.4, -0.2) is 17.4 Å². The van der Waals surface area contributed by atoms with Crippen molar-refractivity contribution in [3.05, 3.63) is 95.2 Å². The van der Waals surface area contributed by atoms with E-state index < -0.39 is 0 Å². The molecule has 1 heteroatoms. The van der Waals surface area contributed by atoms with Crippen molar-refractivity contribution >= 4 is 17.4 Å². The van der Waals surface area contributed by atoms with Crippen molar-refractivity contribution in [2.75, 3.05) is 0 Å². The standard InChI is InChI=1S/3C5H7.Al/c3*1-4-5(2)3;/h3*4H,1-3H2;/q3*-1;+3. The molecule has 0 aliphatic rings. The quantitative estimate of drug-likeness (QED) is 0.383. The molecule has 0 fully saturated rings. The smallest absolute Gasteiger partial charge is 0.203 e. The van der Waals surface area contributed by atoms with Gasteiger partial charge in [0.1, 0.15) is 0 Å².